The molecule has 2 rings (SSSR count). The largest absolute Gasteiger partial charge is 0.367 e. The highest BCUT2D eigenvalue weighted by molar-refractivity contribution is 5.91. The van der Waals surface area contributed by atoms with Crippen LogP contribution >= 0.6 is 0 Å². The van der Waals surface area contributed by atoms with Crippen LogP contribution < -0.4 is 0 Å². The molecule has 3 atom stereocenters. The third kappa shape index (κ3) is 0.969. The fourth-order valence-electron chi connectivity index (χ4n) is 2.32. The standard InChI is InChI=1S/C11H16O3/c1-9-5-6-10(2,14-9)11(3,13-4)8(12)7-9/h5-6H,7H2,1-4H3/t9-,10+,11+/m1/s1. The molecule has 2 bridgehead atoms. The molecule has 0 amide bonds. The minimum Gasteiger partial charge on any atom is -0.367 e. The van der Waals surface area contributed by atoms with Crippen molar-refractivity contribution in [2.45, 2.75) is 44.0 Å². The van der Waals surface area contributed by atoms with Gasteiger partial charge in [0.05, 0.1) is 5.60 Å². The Bertz CT molecular complexity index is 322. The van der Waals surface area contributed by atoms with E-state index in [1.54, 1.807) is 14.0 Å². The molecular weight excluding hydrogens is 180 g/mol. The highest BCUT2D eigenvalue weighted by Crippen LogP contribution is 2.47. The van der Waals surface area contributed by atoms with Crippen molar-refractivity contribution >= 4 is 5.78 Å². The van der Waals surface area contributed by atoms with Crippen molar-refractivity contribution in [3.63, 3.8) is 0 Å². The molecule has 0 unspecified atom stereocenters. The first-order valence-corrected chi connectivity index (χ1v) is 4.84. The summed E-state index contributed by atoms with van der Waals surface area (Å²) in [6, 6.07) is 0. The van der Waals surface area contributed by atoms with E-state index < -0.39 is 16.8 Å². The number of rotatable bonds is 1. The Balaban J connectivity index is 2.48. The first-order chi connectivity index (χ1) is 6.35. The van der Waals surface area contributed by atoms with Crippen LogP contribution in [0.2, 0.25) is 0 Å². The minimum absolute atomic E-state index is 0.112. The topological polar surface area (TPSA) is 35.5 Å². The summed E-state index contributed by atoms with van der Waals surface area (Å²) in [6.45, 7) is 5.63. The Labute approximate surface area is 84.1 Å². The summed E-state index contributed by atoms with van der Waals surface area (Å²) in [6.07, 6.45) is 4.31. The Morgan fingerprint density at radius 1 is 1.36 bits per heavy atom. The summed E-state index contributed by atoms with van der Waals surface area (Å²) < 4.78 is 11.2. The Morgan fingerprint density at radius 2 is 2.00 bits per heavy atom. The van der Waals surface area contributed by atoms with Crippen molar-refractivity contribution in [3.05, 3.63) is 12.2 Å². The van der Waals surface area contributed by atoms with Crippen LogP contribution in [-0.2, 0) is 14.3 Å². The number of carbonyl (C=O) groups excluding carboxylic acids is 1. The first-order valence-electron chi connectivity index (χ1n) is 4.84. The molecule has 0 aromatic rings. The van der Waals surface area contributed by atoms with Crippen LogP contribution in [0.15, 0.2) is 12.2 Å². The summed E-state index contributed by atoms with van der Waals surface area (Å²) >= 11 is 0. The number of Topliss-reactive ketones (excluding diaryl/α,β-unsaturated/α-hetero) is 1. The lowest BCUT2D eigenvalue weighted by atomic mass is 9.78. The van der Waals surface area contributed by atoms with Gasteiger partial charge in [-0.25, -0.2) is 0 Å². The molecule has 1 fully saturated rings. The molecule has 2 aliphatic rings. The number of ether oxygens (including phenoxy) is 2. The number of hydrogen-bond acceptors (Lipinski definition) is 3. The average molecular weight is 196 g/mol. The molecule has 0 radical (unpaired) electrons. The van der Waals surface area contributed by atoms with Gasteiger partial charge in [0.2, 0.25) is 0 Å². The molecule has 3 heteroatoms. The fraction of sp³-hybridized carbons (Fsp3) is 0.727. The zero-order valence-corrected chi connectivity index (χ0v) is 9.09. The quantitative estimate of drug-likeness (QED) is 0.596. The molecule has 1 saturated heterocycles. The van der Waals surface area contributed by atoms with Gasteiger partial charge >= 0.3 is 0 Å². The van der Waals surface area contributed by atoms with E-state index in [0.717, 1.165) is 0 Å². The van der Waals surface area contributed by atoms with E-state index in [4.69, 9.17) is 9.47 Å². The molecule has 0 N–H and O–H groups in total. The van der Waals surface area contributed by atoms with Crippen LogP contribution in [0.4, 0.5) is 0 Å². The van der Waals surface area contributed by atoms with Crippen molar-refractivity contribution in [1.29, 1.82) is 0 Å². The van der Waals surface area contributed by atoms with Gasteiger partial charge in [0.15, 0.2) is 11.4 Å². The number of methoxy groups -OCH3 is 1. The predicted octanol–water partition coefficient (Wildman–Crippen LogP) is 1.47. The molecule has 0 saturated carbocycles. The summed E-state index contributed by atoms with van der Waals surface area (Å²) in [5.41, 5.74) is -1.89. The normalized spacial score (nSPS) is 51.3. The highest BCUT2D eigenvalue weighted by atomic mass is 16.6. The average Bonchev–Trinajstić information content (AvgIpc) is 2.38. The van der Waals surface area contributed by atoms with E-state index in [9.17, 15) is 4.79 Å². The van der Waals surface area contributed by atoms with Crippen LogP contribution in [0.5, 0.6) is 0 Å². The van der Waals surface area contributed by atoms with Gasteiger partial charge in [-0.15, -0.1) is 0 Å². The van der Waals surface area contributed by atoms with Gasteiger partial charge in [-0.05, 0) is 20.8 Å². The van der Waals surface area contributed by atoms with Gasteiger partial charge in [0.1, 0.15) is 5.60 Å². The van der Waals surface area contributed by atoms with Crippen molar-refractivity contribution in [2.75, 3.05) is 7.11 Å². The first kappa shape index (κ1) is 9.87. The van der Waals surface area contributed by atoms with Crippen molar-refractivity contribution < 1.29 is 14.3 Å². The van der Waals surface area contributed by atoms with Gasteiger partial charge in [0.25, 0.3) is 0 Å². The molecule has 0 aromatic heterocycles. The van der Waals surface area contributed by atoms with E-state index in [1.807, 2.05) is 26.0 Å². The van der Waals surface area contributed by atoms with Crippen LogP contribution in [0.3, 0.4) is 0 Å². The third-order valence-electron chi connectivity index (χ3n) is 3.60. The van der Waals surface area contributed by atoms with Crippen LogP contribution in [0, 0.1) is 0 Å². The van der Waals surface area contributed by atoms with Gasteiger partial charge in [-0.2, -0.15) is 0 Å². The third-order valence-corrected chi connectivity index (χ3v) is 3.60. The number of ketones is 1. The second kappa shape index (κ2) is 2.47. The lowest BCUT2D eigenvalue weighted by Crippen LogP contribution is -2.62. The van der Waals surface area contributed by atoms with Crippen molar-refractivity contribution in [2.24, 2.45) is 0 Å². The van der Waals surface area contributed by atoms with E-state index in [2.05, 4.69) is 0 Å². The predicted molar refractivity (Wildman–Crippen MR) is 52.1 cm³/mol. The molecule has 0 aromatic carbocycles. The number of fused-ring (bicyclic) bond motifs is 2. The second-order valence-electron chi connectivity index (χ2n) is 4.69. The Hall–Kier alpha value is -0.670. The lowest BCUT2D eigenvalue weighted by Gasteiger charge is -2.47. The summed E-state index contributed by atoms with van der Waals surface area (Å²) in [4.78, 5) is 12.0. The number of carbonyl (C=O) groups is 1. The molecular formula is C11H16O3. The fourth-order valence-corrected chi connectivity index (χ4v) is 2.32. The van der Waals surface area contributed by atoms with E-state index in [-0.39, 0.29) is 5.78 Å². The van der Waals surface area contributed by atoms with Gasteiger partial charge in [-0.1, -0.05) is 12.2 Å². The Morgan fingerprint density at radius 3 is 2.57 bits per heavy atom. The van der Waals surface area contributed by atoms with Crippen LogP contribution in [0.1, 0.15) is 27.2 Å². The minimum atomic E-state index is -0.848. The Kier molecular flexibility index (Phi) is 1.74. The number of hydrogen-bond donors (Lipinski definition) is 0. The zero-order valence-electron chi connectivity index (χ0n) is 9.09. The zero-order chi connectivity index (χ0) is 10.6. The molecule has 14 heavy (non-hydrogen) atoms. The van der Waals surface area contributed by atoms with Crippen LogP contribution in [-0.4, -0.2) is 29.7 Å². The van der Waals surface area contributed by atoms with Gasteiger partial charge in [0, 0.05) is 13.5 Å². The molecule has 0 aliphatic carbocycles. The lowest BCUT2D eigenvalue weighted by molar-refractivity contribution is -0.213. The maximum Gasteiger partial charge on any atom is 0.170 e. The van der Waals surface area contributed by atoms with E-state index >= 15 is 0 Å². The van der Waals surface area contributed by atoms with E-state index in [0.29, 0.717) is 6.42 Å². The van der Waals surface area contributed by atoms with Crippen molar-refractivity contribution in [3.8, 4) is 0 Å². The maximum absolute atomic E-state index is 12.0. The van der Waals surface area contributed by atoms with E-state index in [1.165, 1.54) is 0 Å². The summed E-state index contributed by atoms with van der Waals surface area (Å²) in [5, 5.41) is 0. The SMILES string of the molecule is CO[C@@]1(C)C(=O)C[C@@]2(C)C=C[C@]1(C)O2. The molecule has 0 spiro atoms. The van der Waals surface area contributed by atoms with Gasteiger partial charge < -0.3 is 9.47 Å². The highest BCUT2D eigenvalue weighted by Gasteiger charge is 2.60. The van der Waals surface area contributed by atoms with Crippen molar-refractivity contribution in [1.82, 2.24) is 0 Å². The smallest absolute Gasteiger partial charge is 0.170 e. The molecule has 2 aliphatic heterocycles. The van der Waals surface area contributed by atoms with Gasteiger partial charge in [-0.3, -0.25) is 4.79 Å². The molecule has 3 nitrogen and oxygen atoms in total. The van der Waals surface area contributed by atoms with Crippen LogP contribution in [0.25, 0.3) is 0 Å². The monoisotopic (exact) mass is 196 g/mol. The summed E-state index contributed by atoms with van der Waals surface area (Å²) in [5.74, 6) is 0.112. The molecule has 2 heterocycles. The maximum atomic E-state index is 12.0. The second-order valence-corrected chi connectivity index (χ2v) is 4.69. The summed E-state index contributed by atoms with van der Waals surface area (Å²) in [7, 11) is 1.56. The molecule has 78 valence electrons.